The largest absolute Gasteiger partial charge is 0.487 e. The van der Waals surface area contributed by atoms with Gasteiger partial charge in [0.25, 0.3) is 0 Å². The van der Waals surface area contributed by atoms with E-state index in [2.05, 4.69) is 18.8 Å². The van der Waals surface area contributed by atoms with Crippen LogP contribution in [0.25, 0.3) is 0 Å². The molecule has 0 aliphatic carbocycles. The van der Waals surface area contributed by atoms with Crippen molar-refractivity contribution in [1.82, 2.24) is 0 Å². The fourth-order valence-corrected chi connectivity index (χ4v) is 2.78. The Morgan fingerprint density at radius 1 is 0.962 bits per heavy atom. The van der Waals surface area contributed by atoms with E-state index in [-0.39, 0.29) is 5.92 Å². The first-order chi connectivity index (χ1) is 12.6. The van der Waals surface area contributed by atoms with Gasteiger partial charge < -0.3 is 18.9 Å². The summed E-state index contributed by atoms with van der Waals surface area (Å²) in [4.78, 5) is 9.43. The third kappa shape index (κ3) is 5.05. The molecule has 1 aromatic rings. The van der Waals surface area contributed by atoms with Crippen molar-refractivity contribution in [3.8, 4) is 11.5 Å². The molecule has 0 N–H and O–H groups in total. The molecule has 144 valence electrons. The number of methoxy groups -OCH3 is 2. The van der Waals surface area contributed by atoms with Crippen molar-refractivity contribution in [2.45, 2.75) is 20.8 Å². The molecule has 0 saturated heterocycles. The van der Waals surface area contributed by atoms with Crippen molar-refractivity contribution in [2.75, 3.05) is 47.2 Å². The summed E-state index contributed by atoms with van der Waals surface area (Å²) in [5, 5.41) is 0. The number of hydrogen-bond donors (Lipinski definition) is 0. The molecule has 0 fully saturated rings. The molecule has 1 aromatic carbocycles. The third-order valence-electron chi connectivity index (χ3n) is 4.43. The predicted octanol–water partition coefficient (Wildman–Crippen LogP) is 3.53. The average Bonchev–Trinajstić information content (AvgIpc) is 2.75. The number of benzene rings is 1. The molecule has 0 amide bonds. The Balaban J connectivity index is 2.44. The fraction of sp³-hybridized carbons (Fsp3) is 0.600. The Labute approximate surface area is 156 Å². The highest BCUT2D eigenvalue weighted by molar-refractivity contribution is 6.09. The molecular formula is C20H30N2O4. The first-order valence-electron chi connectivity index (χ1n) is 9.12. The summed E-state index contributed by atoms with van der Waals surface area (Å²) in [5.74, 6) is 1.93. The van der Waals surface area contributed by atoms with E-state index in [1.165, 1.54) is 0 Å². The summed E-state index contributed by atoms with van der Waals surface area (Å²) in [6.45, 7) is 9.05. The molecule has 2 unspecified atom stereocenters. The molecule has 2 atom stereocenters. The highest BCUT2D eigenvalue weighted by Gasteiger charge is 2.25. The summed E-state index contributed by atoms with van der Waals surface area (Å²) in [5.41, 5.74) is 2.93. The molecule has 0 spiro atoms. The number of hydrogen-bond acceptors (Lipinski definition) is 6. The van der Waals surface area contributed by atoms with Crippen molar-refractivity contribution < 1.29 is 18.9 Å². The summed E-state index contributed by atoms with van der Waals surface area (Å²) >= 11 is 0. The lowest BCUT2D eigenvalue weighted by atomic mass is 9.88. The lowest BCUT2D eigenvalue weighted by Crippen LogP contribution is -2.20. The summed E-state index contributed by atoms with van der Waals surface area (Å²) < 4.78 is 21.9. The summed E-state index contributed by atoms with van der Waals surface area (Å²) in [7, 11) is 3.30. The molecular weight excluding hydrogens is 332 g/mol. The molecule has 0 aromatic heterocycles. The fourth-order valence-electron chi connectivity index (χ4n) is 2.78. The minimum atomic E-state index is 0.284. The van der Waals surface area contributed by atoms with Crippen molar-refractivity contribution in [1.29, 1.82) is 0 Å². The third-order valence-corrected chi connectivity index (χ3v) is 4.43. The zero-order valence-corrected chi connectivity index (χ0v) is 16.4. The first-order valence-corrected chi connectivity index (χ1v) is 9.12. The predicted molar refractivity (Wildman–Crippen MR) is 105 cm³/mol. The van der Waals surface area contributed by atoms with E-state index in [9.17, 15) is 0 Å². The maximum Gasteiger partial charge on any atom is 0.163 e. The van der Waals surface area contributed by atoms with Crippen LogP contribution >= 0.6 is 0 Å². The van der Waals surface area contributed by atoms with Gasteiger partial charge in [0.05, 0.1) is 18.9 Å². The van der Waals surface area contributed by atoms with Crippen molar-refractivity contribution >= 4 is 17.6 Å². The van der Waals surface area contributed by atoms with Gasteiger partial charge in [0, 0.05) is 50.2 Å². The number of aliphatic imine (C=N–C) groups is 2. The van der Waals surface area contributed by atoms with Gasteiger partial charge in [-0.1, -0.05) is 13.8 Å². The molecule has 0 saturated carbocycles. The van der Waals surface area contributed by atoms with Crippen LogP contribution in [0.3, 0.4) is 0 Å². The molecule has 1 aliphatic rings. The van der Waals surface area contributed by atoms with E-state index >= 15 is 0 Å². The number of ether oxygens (including phenoxy) is 4. The van der Waals surface area contributed by atoms with Crippen LogP contribution in [0.1, 0.15) is 26.3 Å². The van der Waals surface area contributed by atoms with Crippen molar-refractivity contribution in [2.24, 2.45) is 21.8 Å². The van der Waals surface area contributed by atoms with E-state index < -0.39 is 0 Å². The quantitative estimate of drug-likeness (QED) is 0.631. The Bertz CT molecular complexity index is 643. The Morgan fingerprint density at radius 2 is 1.58 bits per heavy atom. The highest BCUT2D eigenvalue weighted by atomic mass is 16.5. The lowest BCUT2D eigenvalue weighted by Gasteiger charge is -2.19. The van der Waals surface area contributed by atoms with Gasteiger partial charge in [-0.3, -0.25) is 9.98 Å². The van der Waals surface area contributed by atoms with Crippen LogP contribution in [0.5, 0.6) is 11.5 Å². The van der Waals surface area contributed by atoms with Crippen LogP contribution in [0.15, 0.2) is 22.1 Å². The molecule has 1 heterocycles. The maximum absolute atomic E-state index is 5.91. The smallest absolute Gasteiger partial charge is 0.163 e. The van der Waals surface area contributed by atoms with Crippen LogP contribution in [0.4, 0.5) is 5.69 Å². The zero-order valence-electron chi connectivity index (χ0n) is 16.4. The topological polar surface area (TPSA) is 61.6 Å². The Kier molecular flexibility index (Phi) is 8.06. The van der Waals surface area contributed by atoms with Crippen LogP contribution in [-0.4, -0.2) is 59.1 Å². The standard InChI is InChI=1S/C20H30N2O4/c1-6-21-20-15(3)14(2)13-22-17-12-19(26-10-8-24-5)18(11-16(17)20)25-9-7-23-4/h11-15H,6-10H2,1-5H3. The maximum atomic E-state index is 5.91. The molecule has 0 bridgehead atoms. The van der Waals surface area contributed by atoms with Crippen LogP contribution < -0.4 is 9.47 Å². The van der Waals surface area contributed by atoms with E-state index in [1.807, 2.05) is 25.3 Å². The number of rotatable bonds is 9. The van der Waals surface area contributed by atoms with Crippen LogP contribution in [0.2, 0.25) is 0 Å². The van der Waals surface area contributed by atoms with E-state index in [0.717, 1.165) is 23.5 Å². The minimum absolute atomic E-state index is 0.284. The molecule has 2 rings (SSSR count). The molecule has 0 radical (unpaired) electrons. The minimum Gasteiger partial charge on any atom is -0.487 e. The van der Waals surface area contributed by atoms with Gasteiger partial charge >= 0.3 is 0 Å². The van der Waals surface area contributed by atoms with Gasteiger partial charge in [0.15, 0.2) is 11.5 Å². The van der Waals surface area contributed by atoms with Gasteiger partial charge in [0.1, 0.15) is 13.2 Å². The summed E-state index contributed by atoms with van der Waals surface area (Å²) in [6.07, 6.45) is 1.99. The summed E-state index contributed by atoms with van der Waals surface area (Å²) in [6, 6.07) is 3.92. The highest BCUT2D eigenvalue weighted by Crippen LogP contribution is 2.38. The first kappa shape index (κ1) is 20.4. The second-order valence-electron chi connectivity index (χ2n) is 6.28. The van der Waals surface area contributed by atoms with Crippen molar-refractivity contribution in [3.63, 3.8) is 0 Å². The van der Waals surface area contributed by atoms with Crippen LogP contribution in [0, 0.1) is 11.8 Å². The van der Waals surface area contributed by atoms with Gasteiger partial charge in [-0.25, -0.2) is 0 Å². The molecule has 6 nitrogen and oxygen atoms in total. The monoisotopic (exact) mass is 362 g/mol. The molecule has 6 heteroatoms. The van der Waals surface area contributed by atoms with E-state index in [4.69, 9.17) is 23.9 Å². The van der Waals surface area contributed by atoms with E-state index in [0.29, 0.717) is 43.8 Å². The van der Waals surface area contributed by atoms with Gasteiger partial charge in [0.2, 0.25) is 0 Å². The second kappa shape index (κ2) is 10.3. The number of fused-ring (bicyclic) bond motifs is 1. The van der Waals surface area contributed by atoms with Crippen molar-refractivity contribution in [3.05, 3.63) is 17.7 Å². The zero-order chi connectivity index (χ0) is 18.9. The molecule has 1 aliphatic heterocycles. The van der Waals surface area contributed by atoms with Gasteiger partial charge in [-0.05, 0) is 18.9 Å². The average molecular weight is 362 g/mol. The second-order valence-corrected chi connectivity index (χ2v) is 6.28. The van der Waals surface area contributed by atoms with E-state index in [1.54, 1.807) is 14.2 Å². The number of nitrogens with zero attached hydrogens (tertiary/aromatic N) is 2. The lowest BCUT2D eigenvalue weighted by molar-refractivity contribution is 0.132. The van der Waals surface area contributed by atoms with Gasteiger partial charge in [-0.2, -0.15) is 0 Å². The molecule has 26 heavy (non-hydrogen) atoms. The SMILES string of the molecule is CCN=C1c2cc(OCCOC)c(OCCOC)cc2N=CC(C)C1C. The Hall–Kier alpha value is -1.92. The van der Waals surface area contributed by atoms with Gasteiger partial charge in [-0.15, -0.1) is 0 Å². The normalized spacial score (nSPS) is 20.7. The Morgan fingerprint density at radius 3 is 2.15 bits per heavy atom. The van der Waals surface area contributed by atoms with Crippen LogP contribution in [-0.2, 0) is 9.47 Å².